The maximum Gasteiger partial charge on any atom is 0.344 e. The molecule has 0 atom stereocenters. The van der Waals surface area contributed by atoms with E-state index in [4.69, 9.17) is 14.2 Å². The summed E-state index contributed by atoms with van der Waals surface area (Å²) in [5.74, 6) is -0.781. The van der Waals surface area contributed by atoms with E-state index in [2.05, 4.69) is 21.4 Å². The van der Waals surface area contributed by atoms with E-state index in [0.717, 1.165) is 4.47 Å². The number of halogens is 1. The lowest BCUT2D eigenvalue weighted by molar-refractivity contribution is -0.145. The van der Waals surface area contributed by atoms with Crippen LogP contribution in [-0.4, -0.2) is 38.1 Å². The van der Waals surface area contributed by atoms with Crippen LogP contribution >= 0.6 is 15.9 Å². The van der Waals surface area contributed by atoms with Crippen molar-refractivity contribution in [1.82, 2.24) is 5.43 Å². The largest absolute Gasteiger partial charge is 0.493 e. The van der Waals surface area contributed by atoms with E-state index < -0.39 is 17.8 Å². The van der Waals surface area contributed by atoms with Crippen molar-refractivity contribution in [2.45, 2.75) is 6.92 Å². The van der Waals surface area contributed by atoms with Gasteiger partial charge in [0.2, 0.25) is 0 Å². The van der Waals surface area contributed by atoms with E-state index in [1.54, 1.807) is 49.4 Å². The molecule has 0 radical (unpaired) electrons. The van der Waals surface area contributed by atoms with Crippen molar-refractivity contribution in [3.05, 3.63) is 58.1 Å². The number of ether oxygens (including phenoxy) is 3. The van der Waals surface area contributed by atoms with Crippen molar-refractivity contribution in [3.63, 3.8) is 0 Å². The molecule has 1 saturated heterocycles. The number of hydrazine groups is 1. The molecule has 0 aliphatic carbocycles. The molecule has 0 bridgehead atoms. The molecule has 30 heavy (non-hydrogen) atoms. The van der Waals surface area contributed by atoms with Gasteiger partial charge in [0.15, 0.2) is 18.1 Å². The lowest BCUT2D eigenvalue weighted by atomic mass is 10.1. The highest BCUT2D eigenvalue weighted by Crippen LogP contribution is 2.30. The maximum atomic E-state index is 12.7. The van der Waals surface area contributed by atoms with Crippen LogP contribution in [-0.2, 0) is 19.1 Å². The van der Waals surface area contributed by atoms with Gasteiger partial charge < -0.3 is 14.2 Å². The number of benzene rings is 2. The molecule has 1 aliphatic heterocycles. The Balaban J connectivity index is 1.80. The van der Waals surface area contributed by atoms with Gasteiger partial charge in [-0.3, -0.25) is 15.0 Å². The topological polar surface area (TPSA) is 94.2 Å². The lowest BCUT2D eigenvalue weighted by Gasteiger charge is -2.14. The monoisotopic (exact) mass is 474 g/mol. The minimum atomic E-state index is -0.510. The first-order chi connectivity index (χ1) is 14.4. The number of carbonyl (C=O) groups excluding carboxylic acids is 3. The molecule has 0 aromatic heterocycles. The van der Waals surface area contributed by atoms with Crippen molar-refractivity contribution >= 4 is 45.5 Å². The Morgan fingerprint density at radius 3 is 2.53 bits per heavy atom. The van der Waals surface area contributed by atoms with Gasteiger partial charge in [-0.25, -0.2) is 9.80 Å². The van der Waals surface area contributed by atoms with Crippen LogP contribution < -0.4 is 19.9 Å². The van der Waals surface area contributed by atoms with E-state index >= 15 is 0 Å². The molecule has 0 unspecified atom stereocenters. The Labute approximate surface area is 181 Å². The van der Waals surface area contributed by atoms with E-state index in [-0.39, 0.29) is 18.8 Å². The second-order valence-electron chi connectivity index (χ2n) is 6.12. The Hall–Kier alpha value is -3.33. The summed E-state index contributed by atoms with van der Waals surface area (Å²) in [6, 6.07) is 11.8. The highest BCUT2D eigenvalue weighted by molar-refractivity contribution is 9.10. The minimum absolute atomic E-state index is 0.0137. The zero-order valence-corrected chi connectivity index (χ0v) is 17.9. The molecule has 2 aromatic carbocycles. The predicted molar refractivity (Wildman–Crippen MR) is 113 cm³/mol. The second kappa shape index (κ2) is 9.45. The number of hydrogen-bond acceptors (Lipinski definition) is 6. The van der Waals surface area contributed by atoms with Gasteiger partial charge in [-0.1, -0.05) is 22.0 Å². The average molecular weight is 475 g/mol. The summed E-state index contributed by atoms with van der Waals surface area (Å²) in [7, 11) is 1.45. The smallest absolute Gasteiger partial charge is 0.344 e. The first-order valence-electron chi connectivity index (χ1n) is 9.02. The summed E-state index contributed by atoms with van der Waals surface area (Å²) in [6.07, 6.45) is 1.47. The van der Waals surface area contributed by atoms with Gasteiger partial charge in [-0.2, -0.15) is 0 Å². The fourth-order valence-electron chi connectivity index (χ4n) is 2.73. The Morgan fingerprint density at radius 2 is 1.87 bits per heavy atom. The molecule has 1 aliphatic rings. The fourth-order valence-corrected chi connectivity index (χ4v) is 2.99. The number of methoxy groups -OCH3 is 1. The van der Waals surface area contributed by atoms with Gasteiger partial charge in [0, 0.05) is 4.47 Å². The standard InChI is InChI=1S/C21H19BrN2O6/c1-3-29-19(25)12-30-17-9-4-13(11-18(17)28-2)10-16-20(26)23-24(21(16)27)15-7-5-14(22)6-8-15/h4-11H,3,12H2,1-2H3,(H,23,26)/b16-10-. The summed E-state index contributed by atoms with van der Waals surface area (Å²) < 4.78 is 16.4. The second-order valence-corrected chi connectivity index (χ2v) is 7.04. The number of esters is 1. The Morgan fingerprint density at radius 1 is 1.13 bits per heavy atom. The highest BCUT2D eigenvalue weighted by atomic mass is 79.9. The molecule has 0 saturated carbocycles. The fraction of sp³-hybridized carbons (Fsp3) is 0.190. The van der Waals surface area contributed by atoms with Crippen molar-refractivity contribution < 1.29 is 28.6 Å². The van der Waals surface area contributed by atoms with Gasteiger partial charge >= 0.3 is 5.97 Å². The molecule has 156 valence electrons. The van der Waals surface area contributed by atoms with Gasteiger partial charge in [-0.05, 0) is 55.0 Å². The first-order valence-corrected chi connectivity index (χ1v) is 9.81. The van der Waals surface area contributed by atoms with E-state index in [1.165, 1.54) is 18.2 Å². The third-order valence-corrected chi connectivity index (χ3v) is 4.65. The summed E-state index contributed by atoms with van der Waals surface area (Å²) in [4.78, 5) is 36.5. The number of nitrogens with zero attached hydrogens (tertiary/aromatic N) is 1. The quantitative estimate of drug-likeness (QED) is 0.376. The zero-order chi connectivity index (χ0) is 21.7. The number of amides is 2. The van der Waals surface area contributed by atoms with E-state index in [0.29, 0.717) is 22.7 Å². The van der Waals surface area contributed by atoms with Crippen LogP contribution in [0.3, 0.4) is 0 Å². The number of nitrogens with one attached hydrogen (secondary N) is 1. The molecular weight excluding hydrogens is 456 g/mol. The number of hydrogen-bond donors (Lipinski definition) is 1. The van der Waals surface area contributed by atoms with Crippen LogP contribution in [0.1, 0.15) is 12.5 Å². The Kier molecular flexibility index (Phi) is 6.73. The van der Waals surface area contributed by atoms with Gasteiger partial charge in [0.05, 0.1) is 19.4 Å². The summed E-state index contributed by atoms with van der Waals surface area (Å²) in [5, 5.41) is 1.19. The van der Waals surface area contributed by atoms with Crippen LogP contribution in [0.2, 0.25) is 0 Å². The third-order valence-electron chi connectivity index (χ3n) is 4.13. The molecule has 8 nitrogen and oxygen atoms in total. The SMILES string of the molecule is CCOC(=O)COc1ccc(/C=C2/C(=O)NN(c3ccc(Br)cc3)C2=O)cc1OC. The van der Waals surface area contributed by atoms with Crippen molar-refractivity contribution in [1.29, 1.82) is 0 Å². The third kappa shape index (κ3) is 4.80. The lowest BCUT2D eigenvalue weighted by Crippen LogP contribution is -2.35. The maximum absolute atomic E-state index is 12.7. The molecule has 2 aromatic rings. The van der Waals surface area contributed by atoms with Crippen LogP contribution in [0, 0.1) is 0 Å². The number of rotatable bonds is 7. The predicted octanol–water partition coefficient (Wildman–Crippen LogP) is 2.86. The number of anilines is 1. The van der Waals surface area contributed by atoms with E-state index in [9.17, 15) is 14.4 Å². The molecule has 1 N–H and O–H groups in total. The van der Waals surface area contributed by atoms with Gasteiger partial charge in [0.25, 0.3) is 11.8 Å². The summed E-state index contributed by atoms with van der Waals surface area (Å²) in [6.45, 7) is 1.71. The van der Waals surface area contributed by atoms with Crippen LogP contribution in [0.5, 0.6) is 11.5 Å². The summed E-state index contributed by atoms with van der Waals surface area (Å²) in [5.41, 5.74) is 3.64. The normalized spacial score (nSPS) is 14.6. The molecule has 0 spiro atoms. The van der Waals surface area contributed by atoms with Crippen molar-refractivity contribution in [2.24, 2.45) is 0 Å². The molecule has 1 fully saturated rings. The van der Waals surface area contributed by atoms with Gasteiger partial charge in [-0.15, -0.1) is 0 Å². The van der Waals surface area contributed by atoms with Crippen molar-refractivity contribution in [2.75, 3.05) is 25.3 Å². The van der Waals surface area contributed by atoms with Crippen LogP contribution in [0.15, 0.2) is 52.5 Å². The zero-order valence-electron chi connectivity index (χ0n) is 16.3. The molecule has 1 heterocycles. The average Bonchev–Trinajstić information content (AvgIpc) is 3.01. The first kappa shape index (κ1) is 21.4. The van der Waals surface area contributed by atoms with Crippen LogP contribution in [0.4, 0.5) is 5.69 Å². The minimum Gasteiger partial charge on any atom is -0.493 e. The van der Waals surface area contributed by atoms with Crippen LogP contribution in [0.25, 0.3) is 6.08 Å². The molecule has 9 heteroatoms. The molecule has 2 amide bonds. The van der Waals surface area contributed by atoms with Crippen molar-refractivity contribution in [3.8, 4) is 11.5 Å². The summed E-state index contributed by atoms with van der Waals surface area (Å²) >= 11 is 3.33. The molecule has 3 rings (SSSR count). The Bertz CT molecular complexity index is 1000. The van der Waals surface area contributed by atoms with Gasteiger partial charge in [0.1, 0.15) is 5.57 Å². The molecular formula is C21H19BrN2O6. The highest BCUT2D eigenvalue weighted by Gasteiger charge is 2.34. The number of carbonyl (C=O) groups is 3. The van der Waals surface area contributed by atoms with E-state index in [1.807, 2.05) is 0 Å².